The largest absolute Gasteiger partial charge is 0.480 e. The van der Waals surface area contributed by atoms with Crippen molar-refractivity contribution in [2.75, 3.05) is 13.1 Å². The fourth-order valence-electron chi connectivity index (χ4n) is 1.32. The van der Waals surface area contributed by atoms with Crippen LogP contribution in [0.4, 0.5) is 0 Å². The average molecular weight is 319 g/mol. The van der Waals surface area contributed by atoms with E-state index in [4.69, 9.17) is 5.11 Å². The molecule has 0 fully saturated rings. The molecule has 0 saturated heterocycles. The van der Waals surface area contributed by atoms with Gasteiger partial charge in [0.15, 0.2) is 0 Å². The molecule has 15 heavy (non-hydrogen) atoms. The second-order valence-electron chi connectivity index (χ2n) is 3.32. The highest BCUT2D eigenvalue weighted by atomic mass is 127. The quantitative estimate of drug-likeness (QED) is 0.846. The second-order valence-corrected chi connectivity index (χ2v) is 4.57. The molecule has 0 aliphatic rings. The van der Waals surface area contributed by atoms with Gasteiger partial charge in [-0.1, -0.05) is 19.1 Å². The molecule has 1 aromatic carbocycles. The Balaban J connectivity index is 2.58. The number of rotatable bonds is 5. The summed E-state index contributed by atoms with van der Waals surface area (Å²) in [6.45, 7) is 3.51. The molecule has 1 N–H and O–H groups in total. The van der Waals surface area contributed by atoms with Gasteiger partial charge in [0.2, 0.25) is 0 Å². The molecular formula is C11H14INO2. The van der Waals surface area contributed by atoms with Crippen LogP contribution in [-0.4, -0.2) is 29.1 Å². The van der Waals surface area contributed by atoms with Crippen LogP contribution in [0.5, 0.6) is 0 Å². The molecule has 3 nitrogen and oxygen atoms in total. The Morgan fingerprint density at radius 2 is 2.00 bits per heavy atom. The van der Waals surface area contributed by atoms with E-state index in [9.17, 15) is 4.79 Å². The third kappa shape index (κ3) is 4.61. The molecule has 1 aromatic rings. The molecule has 0 bridgehead atoms. The van der Waals surface area contributed by atoms with Gasteiger partial charge in [-0.3, -0.25) is 9.69 Å². The summed E-state index contributed by atoms with van der Waals surface area (Å²) in [6, 6.07) is 8.13. The van der Waals surface area contributed by atoms with E-state index < -0.39 is 5.97 Å². The molecule has 0 aliphatic carbocycles. The van der Waals surface area contributed by atoms with Crippen molar-refractivity contribution in [3.8, 4) is 0 Å². The number of carboxylic acid groups (broad SMARTS) is 1. The number of aliphatic carboxylic acids is 1. The Labute approximate surface area is 103 Å². The molecule has 0 heterocycles. The van der Waals surface area contributed by atoms with Crippen LogP contribution in [-0.2, 0) is 11.3 Å². The molecule has 0 aromatic heterocycles. The van der Waals surface area contributed by atoms with Crippen LogP contribution in [0.25, 0.3) is 0 Å². The maximum Gasteiger partial charge on any atom is 0.317 e. The van der Waals surface area contributed by atoms with Crippen LogP contribution < -0.4 is 0 Å². The zero-order chi connectivity index (χ0) is 11.3. The number of hydrogen-bond donors (Lipinski definition) is 1. The zero-order valence-corrected chi connectivity index (χ0v) is 10.8. The summed E-state index contributed by atoms with van der Waals surface area (Å²) in [4.78, 5) is 12.5. The fourth-order valence-corrected chi connectivity index (χ4v) is 1.68. The minimum Gasteiger partial charge on any atom is -0.480 e. The molecule has 0 spiro atoms. The lowest BCUT2D eigenvalue weighted by Gasteiger charge is -2.17. The number of nitrogens with zero attached hydrogens (tertiary/aromatic N) is 1. The second kappa shape index (κ2) is 6.07. The summed E-state index contributed by atoms with van der Waals surface area (Å²) in [7, 11) is 0. The Morgan fingerprint density at radius 3 is 2.47 bits per heavy atom. The zero-order valence-electron chi connectivity index (χ0n) is 8.61. The summed E-state index contributed by atoms with van der Waals surface area (Å²) in [6.07, 6.45) is 0. The van der Waals surface area contributed by atoms with Gasteiger partial charge < -0.3 is 5.11 Å². The Hall–Kier alpha value is -0.620. The number of carbonyl (C=O) groups is 1. The maximum atomic E-state index is 10.6. The molecule has 82 valence electrons. The molecule has 0 radical (unpaired) electrons. The van der Waals surface area contributed by atoms with Crippen molar-refractivity contribution in [3.63, 3.8) is 0 Å². The van der Waals surface area contributed by atoms with Crippen LogP contribution in [0.1, 0.15) is 12.5 Å². The van der Waals surface area contributed by atoms with Crippen LogP contribution in [0, 0.1) is 3.57 Å². The van der Waals surface area contributed by atoms with Gasteiger partial charge in [-0.25, -0.2) is 0 Å². The lowest BCUT2D eigenvalue weighted by atomic mass is 10.2. The predicted octanol–water partition coefficient (Wildman–Crippen LogP) is 2.20. The van der Waals surface area contributed by atoms with Gasteiger partial charge in [-0.2, -0.15) is 0 Å². The number of halogens is 1. The standard InChI is InChI=1S/C11H14INO2/c1-2-13(8-11(14)15)7-9-3-5-10(12)6-4-9/h3-6H,2,7-8H2,1H3,(H,14,15). The molecule has 0 atom stereocenters. The summed E-state index contributed by atoms with van der Waals surface area (Å²) in [5, 5.41) is 8.69. The smallest absolute Gasteiger partial charge is 0.317 e. The van der Waals surface area contributed by atoms with Crippen molar-refractivity contribution in [1.82, 2.24) is 4.90 Å². The number of benzene rings is 1. The lowest BCUT2D eigenvalue weighted by molar-refractivity contribution is -0.138. The molecular weight excluding hydrogens is 305 g/mol. The van der Waals surface area contributed by atoms with Gasteiger partial charge in [0.1, 0.15) is 0 Å². The Morgan fingerprint density at radius 1 is 1.40 bits per heavy atom. The highest BCUT2D eigenvalue weighted by molar-refractivity contribution is 14.1. The third-order valence-electron chi connectivity index (χ3n) is 2.13. The van der Waals surface area contributed by atoms with Gasteiger partial charge in [-0.15, -0.1) is 0 Å². The summed E-state index contributed by atoms with van der Waals surface area (Å²) < 4.78 is 1.19. The van der Waals surface area contributed by atoms with E-state index in [1.807, 2.05) is 36.1 Å². The number of carboxylic acids is 1. The highest BCUT2D eigenvalue weighted by Crippen LogP contribution is 2.09. The first-order valence-electron chi connectivity index (χ1n) is 4.80. The Bertz CT molecular complexity index is 324. The molecule has 0 unspecified atom stereocenters. The van der Waals surface area contributed by atoms with Crippen molar-refractivity contribution in [1.29, 1.82) is 0 Å². The average Bonchev–Trinajstić information content (AvgIpc) is 2.19. The minimum absolute atomic E-state index is 0.0997. The van der Waals surface area contributed by atoms with Gasteiger partial charge >= 0.3 is 5.97 Å². The van der Waals surface area contributed by atoms with Gasteiger partial charge in [-0.05, 0) is 46.8 Å². The van der Waals surface area contributed by atoms with E-state index in [0.29, 0.717) is 6.54 Å². The van der Waals surface area contributed by atoms with Crippen LogP contribution in [0.15, 0.2) is 24.3 Å². The van der Waals surface area contributed by atoms with Crippen molar-refractivity contribution in [2.24, 2.45) is 0 Å². The minimum atomic E-state index is -0.776. The van der Waals surface area contributed by atoms with E-state index in [1.165, 1.54) is 3.57 Å². The predicted molar refractivity (Wildman–Crippen MR) is 67.7 cm³/mol. The van der Waals surface area contributed by atoms with Crippen LogP contribution in [0.3, 0.4) is 0 Å². The molecule has 0 amide bonds. The molecule has 1 rings (SSSR count). The highest BCUT2D eigenvalue weighted by Gasteiger charge is 2.07. The van der Waals surface area contributed by atoms with Crippen molar-refractivity contribution in [2.45, 2.75) is 13.5 Å². The summed E-state index contributed by atoms with van der Waals surface area (Å²) in [5.74, 6) is -0.776. The molecule has 0 aliphatic heterocycles. The third-order valence-corrected chi connectivity index (χ3v) is 2.84. The maximum absolute atomic E-state index is 10.6. The summed E-state index contributed by atoms with van der Waals surface area (Å²) >= 11 is 2.25. The first-order chi connectivity index (χ1) is 7.11. The monoisotopic (exact) mass is 319 g/mol. The molecule has 0 saturated carbocycles. The fraction of sp³-hybridized carbons (Fsp3) is 0.364. The van der Waals surface area contributed by atoms with E-state index in [1.54, 1.807) is 0 Å². The van der Waals surface area contributed by atoms with E-state index in [2.05, 4.69) is 22.6 Å². The van der Waals surface area contributed by atoms with Crippen LogP contribution >= 0.6 is 22.6 Å². The van der Waals surface area contributed by atoms with Gasteiger partial charge in [0, 0.05) is 10.1 Å². The van der Waals surface area contributed by atoms with Gasteiger partial charge in [0.25, 0.3) is 0 Å². The van der Waals surface area contributed by atoms with Crippen molar-refractivity contribution < 1.29 is 9.90 Å². The Kier molecular flexibility index (Phi) is 5.04. The van der Waals surface area contributed by atoms with Crippen molar-refractivity contribution in [3.05, 3.63) is 33.4 Å². The normalized spacial score (nSPS) is 10.6. The first kappa shape index (κ1) is 12.4. The van der Waals surface area contributed by atoms with Gasteiger partial charge in [0.05, 0.1) is 6.54 Å². The summed E-state index contributed by atoms with van der Waals surface area (Å²) in [5.41, 5.74) is 1.15. The van der Waals surface area contributed by atoms with E-state index >= 15 is 0 Å². The van der Waals surface area contributed by atoms with Crippen molar-refractivity contribution >= 4 is 28.6 Å². The van der Waals surface area contributed by atoms with Crippen LogP contribution in [0.2, 0.25) is 0 Å². The number of hydrogen-bond acceptors (Lipinski definition) is 2. The lowest BCUT2D eigenvalue weighted by Crippen LogP contribution is -2.29. The topological polar surface area (TPSA) is 40.5 Å². The molecule has 4 heteroatoms. The SMILES string of the molecule is CCN(CC(=O)O)Cc1ccc(I)cc1. The first-order valence-corrected chi connectivity index (χ1v) is 5.88. The number of likely N-dealkylation sites (N-methyl/N-ethyl adjacent to an activating group) is 1. The van der Waals surface area contributed by atoms with E-state index in [-0.39, 0.29) is 6.54 Å². The van der Waals surface area contributed by atoms with E-state index in [0.717, 1.165) is 12.1 Å².